The highest BCUT2D eigenvalue weighted by molar-refractivity contribution is 6.40. The number of nitrogens with zero attached hydrogens (tertiary/aromatic N) is 3. The second-order valence-electron chi connectivity index (χ2n) is 10.5. The Bertz CT molecular complexity index is 1540. The predicted octanol–water partition coefficient (Wildman–Crippen LogP) is 4.04. The minimum atomic E-state index is -1.25. The summed E-state index contributed by atoms with van der Waals surface area (Å²) < 4.78 is 5.43. The lowest BCUT2D eigenvalue weighted by molar-refractivity contribution is -0.139. The van der Waals surface area contributed by atoms with Gasteiger partial charge in [-0.25, -0.2) is 4.79 Å². The van der Waals surface area contributed by atoms with Gasteiger partial charge in [0, 0.05) is 50.7 Å². The molecule has 0 saturated carbocycles. The number of aliphatic carboxylic acids is 1. The molecule has 1 aromatic heterocycles. The Morgan fingerprint density at radius 2 is 1.98 bits per heavy atom. The molecule has 41 heavy (non-hydrogen) atoms. The zero-order valence-corrected chi connectivity index (χ0v) is 24.3. The molecular formula is C29H31Cl2N5O5. The van der Waals surface area contributed by atoms with E-state index in [1.165, 1.54) is 0 Å². The van der Waals surface area contributed by atoms with Crippen molar-refractivity contribution in [3.8, 4) is 0 Å². The van der Waals surface area contributed by atoms with Crippen molar-refractivity contribution in [2.24, 2.45) is 10.9 Å². The van der Waals surface area contributed by atoms with Crippen molar-refractivity contribution in [1.82, 2.24) is 20.4 Å². The first kappa shape index (κ1) is 28.8. The van der Waals surface area contributed by atoms with Crippen LogP contribution in [-0.2, 0) is 17.8 Å². The van der Waals surface area contributed by atoms with Gasteiger partial charge in [0.1, 0.15) is 11.6 Å². The first-order chi connectivity index (χ1) is 19.7. The molecule has 2 aliphatic heterocycles. The van der Waals surface area contributed by atoms with Crippen molar-refractivity contribution >= 4 is 57.9 Å². The average molecular weight is 601 g/mol. The van der Waals surface area contributed by atoms with Gasteiger partial charge in [0.2, 0.25) is 0 Å². The highest BCUT2D eigenvalue weighted by atomic mass is 35.5. The second-order valence-corrected chi connectivity index (χ2v) is 11.3. The van der Waals surface area contributed by atoms with Crippen molar-refractivity contribution in [3.05, 3.63) is 68.9 Å². The maximum atomic E-state index is 13.3. The van der Waals surface area contributed by atoms with Gasteiger partial charge in [-0.05, 0) is 54.2 Å². The van der Waals surface area contributed by atoms with Gasteiger partial charge in [0.15, 0.2) is 5.96 Å². The summed E-state index contributed by atoms with van der Waals surface area (Å²) in [6, 6.07) is 7.52. The molecule has 2 atom stereocenters. The summed E-state index contributed by atoms with van der Waals surface area (Å²) in [6.07, 6.45) is 3.02. The number of halogens is 2. The number of carboxylic acids is 1. The zero-order chi connectivity index (χ0) is 29.3. The van der Waals surface area contributed by atoms with E-state index in [2.05, 4.69) is 27.4 Å². The van der Waals surface area contributed by atoms with Gasteiger partial charge in [-0.1, -0.05) is 36.2 Å². The fourth-order valence-corrected chi connectivity index (χ4v) is 6.15. The van der Waals surface area contributed by atoms with Crippen LogP contribution in [-0.4, -0.2) is 77.9 Å². The fourth-order valence-electron chi connectivity index (χ4n) is 5.39. The van der Waals surface area contributed by atoms with E-state index in [0.717, 1.165) is 30.5 Å². The largest absolute Gasteiger partial charge is 0.480 e. The second kappa shape index (κ2) is 12.0. The average Bonchev–Trinajstić information content (AvgIpc) is 3.60. The maximum absolute atomic E-state index is 13.3. The number of carboxylic acid groups (broad SMARTS) is 1. The van der Waals surface area contributed by atoms with Crippen LogP contribution in [0.4, 0.5) is 0 Å². The summed E-state index contributed by atoms with van der Waals surface area (Å²) in [5, 5.41) is 16.6. The van der Waals surface area contributed by atoms with Gasteiger partial charge in [-0.15, -0.1) is 0 Å². The molecule has 2 amide bonds. The molecule has 2 aliphatic rings. The lowest BCUT2D eigenvalue weighted by Gasteiger charge is -2.30. The Labute approximate surface area is 247 Å². The van der Waals surface area contributed by atoms with E-state index >= 15 is 0 Å². The van der Waals surface area contributed by atoms with Gasteiger partial charge in [0.05, 0.1) is 21.9 Å². The molecule has 2 aromatic carbocycles. The Kier molecular flexibility index (Phi) is 8.42. The number of hydrogen-bond acceptors (Lipinski definition) is 5. The lowest BCUT2D eigenvalue weighted by atomic mass is 9.96. The van der Waals surface area contributed by atoms with Gasteiger partial charge < -0.3 is 30.0 Å². The number of amides is 2. The first-order valence-corrected chi connectivity index (χ1v) is 14.2. The molecule has 0 spiro atoms. The molecule has 12 heteroatoms. The fraction of sp³-hybridized carbons (Fsp3) is 0.379. The number of fused-ring (bicyclic) bond motifs is 2. The van der Waals surface area contributed by atoms with Gasteiger partial charge >= 0.3 is 5.97 Å². The van der Waals surface area contributed by atoms with E-state index in [4.69, 9.17) is 27.6 Å². The van der Waals surface area contributed by atoms with E-state index in [1.54, 1.807) is 36.4 Å². The van der Waals surface area contributed by atoms with Gasteiger partial charge in [-0.3, -0.25) is 14.6 Å². The maximum Gasteiger partial charge on any atom is 0.328 e. The molecule has 0 radical (unpaired) electrons. The number of carbonyl (C=O) groups excluding carboxylic acids is 2. The van der Waals surface area contributed by atoms with Crippen LogP contribution >= 0.6 is 23.2 Å². The van der Waals surface area contributed by atoms with Crippen LogP contribution in [0, 0.1) is 5.92 Å². The number of hydrogen-bond donors (Lipinski definition) is 3. The number of likely N-dealkylation sites (tertiary alicyclic amines) is 1. The molecule has 0 aliphatic carbocycles. The Hall–Kier alpha value is -3.76. The third-order valence-electron chi connectivity index (χ3n) is 7.63. The van der Waals surface area contributed by atoms with E-state index in [1.807, 2.05) is 12.1 Å². The number of benzene rings is 2. The van der Waals surface area contributed by atoms with Crippen molar-refractivity contribution in [3.63, 3.8) is 0 Å². The third kappa shape index (κ3) is 5.99. The third-order valence-corrected chi connectivity index (χ3v) is 8.34. The molecular weight excluding hydrogens is 569 g/mol. The van der Waals surface area contributed by atoms with Crippen LogP contribution < -0.4 is 10.6 Å². The van der Waals surface area contributed by atoms with Crippen molar-refractivity contribution in [2.75, 3.05) is 33.2 Å². The van der Waals surface area contributed by atoms with E-state index in [-0.39, 0.29) is 34.6 Å². The summed E-state index contributed by atoms with van der Waals surface area (Å²) in [7, 11) is 1.64. The molecule has 216 valence electrons. The monoisotopic (exact) mass is 599 g/mol. The minimum Gasteiger partial charge on any atom is -0.480 e. The van der Waals surface area contributed by atoms with E-state index in [9.17, 15) is 19.5 Å². The van der Waals surface area contributed by atoms with Crippen LogP contribution in [0.1, 0.15) is 45.2 Å². The summed E-state index contributed by atoms with van der Waals surface area (Å²) in [6.45, 7) is 4.39. The molecule has 3 heterocycles. The molecule has 5 rings (SSSR count). The topological polar surface area (TPSA) is 127 Å². The number of rotatable bonds is 6. The quantitative estimate of drug-likeness (QED) is 0.288. The van der Waals surface area contributed by atoms with Crippen LogP contribution in [0.15, 0.2) is 46.0 Å². The van der Waals surface area contributed by atoms with Crippen LogP contribution in [0.5, 0.6) is 0 Å². The van der Waals surface area contributed by atoms with Gasteiger partial charge in [-0.2, -0.15) is 0 Å². The van der Waals surface area contributed by atoms with Gasteiger partial charge in [0.25, 0.3) is 11.8 Å². The Morgan fingerprint density at radius 3 is 2.68 bits per heavy atom. The zero-order valence-electron chi connectivity index (χ0n) is 22.7. The van der Waals surface area contributed by atoms with Crippen LogP contribution in [0.25, 0.3) is 11.0 Å². The Morgan fingerprint density at radius 1 is 1.17 bits per heavy atom. The smallest absolute Gasteiger partial charge is 0.328 e. The molecule has 3 aromatic rings. The Balaban J connectivity index is 1.28. The molecule has 10 nitrogen and oxygen atoms in total. The number of aliphatic imine (C=N–C) groups is 1. The summed E-state index contributed by atoms with van der Waals surface area (Å²) >= 11 is 13.2. The highest BCUT2D eigenvalue weighted by Crippen LogP contribution is 2.35. The predicted molar refractivity (Wildman–Crippen MR) is 157 cm³/mol. The number of carbonyl (C=O) groups is 3. The first-order valence-electron chi connectivity index (χ1n) is 13.4. The highest BCUT2D eigenvalue weighted by Gasteiger charge is 2.30. The van der Waals surface area contributed by atoms with E-state index in [0.29, 0.717) is 41.6 Å². The van der Waals surface area contributed by atoms with E-state index < -0.39 is 17.9 Å². The molecule has 3 N–H and O–H groups in total. The normalized spacial score (nSPS) is 17.9. The summed E-state index contributed by atoms with van der Waals surface area (Å²) in [5.74, 6) is -0.940. The number of furan rings is 1. The lowest BCUT2D eigenvalue weighted by Crippen LogP contribution is -2.51. The SMILES string of the molecule is C/N=C(\NC[C@H](NC(=O)c1c(Cl)cc2c(c1Cl)CCN(C(=O)c1ccc3ccoc3c1)C2)C(=O)O)N1CCC(C)C1. The van der Waals surface area contributed by atoms with Crippen molar-refractivity contribution < 1.29 is 23.9 Å². The molecule has 1 unspecified atom stereocenters. The summed E-state index contributed by atoms with van der Waals surface area (Å²) in [4.78, 5) is 46.5. The molecule has 1 saturated heterocycles. The standard InChI is InChI=1S/C29H31Cl2N5O5/c1-16-5-8-36(14-16)29(32-2)33-13-22(28(39)40)34-26(37)24-21(30)11-19-15-35(9-6-20(19)25(24)31)27(38)18-4-3-17-7-10-41-23(17)12-18/h3-4,7,10-12,16,22H,5-6,8-9,13-15H2,1-2H3,(H,32,33)(H,34,37)(H,39,40)/t16?,22-/m0/s1. The number of nitrogens with one attached hydrogen (secondary N) is 2. The molecule has 0 bridgehead atoms. The molecule has 1 fully saturated rings. The minimum absolute atomic E-state index is 0.0131. The van der Waals surface area contributed by atoms with Crippen LogP contribution in [0.3, 0.4) is 0 Å². The van der Waals surface area contributed by atoms with Crippen molar-refractivity contribution in [2.45, 2.75) is 32.4 Å². The number of guanidine groups is 1. The van der Waals surface area contributed by atoms with Crippen LogP contribution in [0.2, 0.25) is 10.0 Å². The summed E-state index contributed by atoms with van der Waals surface area (Å²) in [5.41, 5.74) is 2.59. The van der Waals surface area contributed by atoms with Crippen molar-refractivity contribution in [1.29, 1.82) is 0 Å².